The van der Waals surface area contributed by atoms with Crippen LogP contribution in [0.3, 0.4) is 0 Å². The van der Waals surface area contributed by atoms with Gasteiger partial charge >= 0.3 is 0 Å². The van der Waals surface area contributed by atoms with Gasteiger partial charge in [0.05, 0.1) is 66.7 Å². The molecule has 9 nitrogen and oxygen atoms in total. The molecule has 6 heterocycles. The van der Waals surface area contributed by atoms with E-state index in [1.54, 1.807) is 0 Å². The number of benzene rings is 21. The Kier molecular flexibility index (Phi) is 17.1. The van der Waals surface area contributed by atoms with Gasteiger partial charge < -0.3 is 0 Å². The van der Waals surface area contributed by atoms with Crippen molar-refractivity contribution in [3.8, 4) is 85.0 Å². The molecule has 0 saturated heterocycles. The van der Waals surface area contributed by atoms with Crippen LogP contribution in [-0.2, 0) is 16.2 Å². The van der Waals surface area contributed by atoms with Crippen molar-refractivity contribution in [1.29, 1.82) is 0 Å². The molecule has 9 heteroatoms. The molecular weight excluding hydrogens is 1680 g/mol. The molecule has 3 aliphatic carbocycles. The Bertz CT molecular complexity index is 9920. The summed E-state index contributed by atoms with van der Waals surface area (Å²) in [5, 5.41) is 25.1. The van der Waals surface area contributed by atoms with E-state index in [4.69, 9.17) is 29.9 Å². The lowest BCUT2D eigenvalue weighted by Crippen LogP contribution is -2.14. The van der Waals surface area contributed by atoms with Crippen LogP contribution in [0.1, 0.15) is 74.9 Å². The SMILES string of the molecule is CC1(C)c2ccccc2-c2c1ccc1c(-c3nc(-n4c5ccccc5c5cc6ccccc6cc54)nc4ccccc34)cccc21.CC1(C)c2ccccc2-c2c1ccc1cc(-c3nc(-n4c5ccccc5c5cc6ccccc6cc54)nc4ccccc34)ccc21.CC1(C)c2ccccc2-c2c1ccc1ccc(-c3nc(-n4c5ccccc5c5cc6ccccc6cc54)nc4ccccc34)cc21. The summed E-state index contributed by atoms with van der Waals surface area (Å²) in [6.45, 7) is 14.0. The Hall–Kier alpha value is -17.4. The summed E-state index contributed by atoms with van der Waals surface area (Å²) >= 11 is 0. The molecule has 0 saturated carbocycles. The van der Waals surface area contributed by atoms with E-state index >= 15 is 0 Å². The van der Waals surface area contributed by atoms with Gasteiger partial charge in [0.2, 0.25) is 17.8 Å². The van der Waals surface area contributed by atoms with E-state index in [9.17, 15) is 0 Å². The summed E-state index contributed by atoms with van der Waals surface area (Å²) in [5.74, 6) is 2.04. The molecule has 30 rings (SSSR count). The topological polar surface area (TPSA) is 92.1 Å². The first kappa shape index (κ1) is 79.2. The van der Waals surface area contributed by atoms with Crippen LogP contribution in [0.2, 0.25) is 0 Å². The van der Waals surface area contributed by atoms with Crippen LogP contribution in [-0.4, -0.2) is 43.6 Å². The van der Waals surface area contributed by atoms with Crippen LogP contribution in [0.5, 0.6) is 0 Å². The number of nitrogens with zero attached hydrogens (tertiary/aromatic N) is 9. The van der Waals surface area contributed by atoms with Crippen molar-refractivity contribution in [2.24, 2.45) is 0 Å². The van der Waals surface area contributed by atoms with E-state index in [0.717, 1.165) is 99.6 Å². The van der Waals surface area contributed by atoms with Crippen molar-refractivity contribution in [2.45, 2.75) is 57.8 Å². The molecule has 0 amide bonds. The fourth-order valence-electron chi connectivity index (χ4n) is 23.9. The largest absolute Gasteiger partial charge is 0.278 e. The lowest BCUT2D eigenvalue weighted by molar-refractivity contribution is 0.660. The highest BCUT2D eigenvalue weighted by atomic mass is 15.2. The average molecular weight is 1760 g/mol. The normalized spacial score (nSPS) is 13.6. The van der Waals surface area contributed by atoms with Gasteiger partial charge in [-0.15, -0.1) is 0 Å². The highest BCUT2D eigenvalue weighted by molar-refractivity contribution is 6.19. The molecule has 0 spiro atoms. The molecule has 138 heavy (non-hydrogen) atoms. The van der Waals surface area contributed by atoms with Gasteiger partial charge in [0, 0.05) is 81.4 Å². The van der Waals surface area contributed by atoms with Crippen LogP contribution in [0, 0.1) is 0 Å². The molecule has 0 bridgehead atoms. The highest BCUT2D eigenvalue weighted by Crippen LogP contribution is 2.56. The fraction of sp³-hybridized carbons (Fsp3) is 0.0698. The van der Waals surface area contributed by atoms with Gasteiger partial charge in [0.15, 0.2) is 0 Å². The lowest BCUT2D eigenvalue weighted by atomic mass is 9.82. The third-order valence-corrected chi connectivity index (χ3v) is 30.5. The van der Waals surface area contributed by atoms with Crippen molar-refractivity contribution < 1.29 is 0 Å². The maximum Gasteiger partial charge on any atom is 0.235 e. The summed E-state index contributed by atoms with van der Waals surface area (Å²) in [4.78, 5) is 31.9. The van der Waals surface area contributed by atoms with Crippen molar-refractivity contribution in [1.82, 2.24) is 43.6 Å². The number of hydrogen-bond donors (Lipinski definition) is 0. The third-order valence-electron chi connectivity index (χ3n) is 30.5. The highest BCUT2D eigenvalue weighted by Gasteiger charge is 2.40. The molecule has 0 atom stereocenters. The van der Waals surface area contributed by atoms with Gasteiger partial charge in [-0.05, 0) is 216 Å². The molecule has 6 aromatic heterocycles. The van der Waals surface area contributed by atoms with Crippen molar-refractivity contribution >= 4 is 163 Å². The number of hydrogen-bond acceptors (Lipinski definition) is 6. The van der Waals surface area contributed by atoms with Gasteiger partial charge in [-0.2, -0.15) is 0 Å². The van der Waals surface area contributed by atoms with E-state index in [-0.39, 0.29) is 16.2 Å². The molecule has 0 unspecified atom stereocenters. The number of aromatic nitrogens is 9. The zero-order valence-electron chi connectivity index (χ0n) is 76.9. The van der Waals surface area contributed by atoms with Crippen molar-refractivity contribution in [3.63, 3.8) is 0 Å². The summed E-state index contributed by atoms with van der Waals surface area (Å²) < 4.78 is 6.72. The van der Waals surface area contributed by atoms with Crippen LogP contribution in [0.15, 0.2) is 419 Å². The van der Waals surface area contributed by atoms with Gasteiger partial charge in [-0.3, -0.25) is 13.7 Å². The van der Waals surface area contributed by atoms with E-state index in [1.807, 2.05) is 0 Å². The van der Waals surface area contributed by atoms with Gasteiger partial charge in [0.1, 0.15) is 0 Å². The van der Waals surface area contributed by atoms with Crippen LogP contribution in [0.25, 0.3) is 248 Å². The average Bonchev–Trinajstić information content (AvgIpc) is 1.53. The lowest BCUT2D eigenvalue weighted by Gasteiger charge is -2.21. The minimum atomic E-state index is -0.0500. The Morgan fingerprint density at radius 3 is 0.913 bits per heavy atom. The number of para-hydroxylation sites is 6. The summed E-state index contributed by atoms with van der Waals surface area (Å²) in [6, 6.07) is 151. The molecule has 0 fully saturated rings. The second-order valence-corrected chi connectivity index (χ2v) is 39.1. The standard InChI is InChI=1S/3C43H29N3/c1-43(2)35-19-8-5-15-32(35)40-30-17-11-18-31(28(30)22-23-36(40)43)41-33-16-6-9-20-37(33)44-42(45-41)46-38-21-10-7-14-29(38)34-24-26-12-3-4-13-27(26)25-39(34)46;1-43(2)35-16-8-5-14-32(35)40-30-21-19-29(23-28(30)20-22-36(40)43)41-33-15-6-9-17-37(33)44-42(45-41)46-38-18-10-7-13-31(38)34-24-26-11-3-4-12-27(26)25-39(34)46;1-43(2)35-16-8-5-14-31(35)40-33-24-29(20-19-26(33)21-22-36(40)43)41-32-15-6-9-17-37(32)44-42(45-41)46-38-18-10-7-13-30(38)34-23-27-11-3-4-12-28(27)25-39(34)46/h3*3-25H,1-2H3. The first-order chi connectivity index (χ1) is 67.7. The monoisotopic (exact) mass is 1760 g/mol. The quantitative estimate of drug-likeness (QED) is 0.165. The van der Waals surface area contributed by atoms with Gasteiger partial charge in [0.25, 0.3) is 0 Å². The van der Waals surface area contributed by atoms with Crippen molar-refractivity contribution in [3.05, 3.63) is 452 Å². The van der Waals surface area contributed by atoms with E-state index in [2.05, 4.69) is 474 Å². The summed E-state index contributed by atoms with van der Waals surface area (Å²) in [6.07, 6.45) is 0. The van der Waals surface area contributed by atoms with Crippen LogP contribution < -0.4 is 0 Å². The molecule has 3 aliphatic rings. The minimum absolute atomic E-state index is 0.0236. The smallest absolute Gasteiger partial charge is 0.235 e. The minimum Gasteiger partial charge on any atom is -0.278 e. The van der Waals surface area contributed by atoms with E-state index in [0.29, 0.717) is 17.8 Å². The molecule has 21 aromatic carbocycles. The van der Waals surface area contributed by atoms with E-state index in [1.165, 1.54) is 164 Å². The Morgan fingerprint density at radius 2 is 0.471 bits per heavy atom. The molecular formula is C129H87N9. The number of rotatable bonds is 6. The molecule has 648 valence electrons. The van der Waals surface area contributed by atoms with Gasteiger partial charge in [-0.25, -0.2) is 29.9 Å². The Labute approximate surface area is 795 Å². The predicted molar refractivity (Wildman–Crippen MR) is 576 cm³/mol. The second-order valence-electron chi connectivity index (χ2n) is 39.1. The Morgan fingerprint density at radius 1 is 0.167 bits per heavy atom. The first-order valence-corrected chi connectivity index (χ1v) is 47.8. The fourth-order valence-corrected chi connectivity index (χ4v) is 23.9. The molecule has 0 N–H and O–H groups in total. The maximum absolute atomic E-state index is 5.46. The summed E-state index contributed by atoms with van der Waals surface area (Å²) in [5.41, 5.74) is 31.8. The van der Waals surface area contributed by atoms with Crippen LogP contribution in [0.4, 0.5) is 0 Å². The van der Waals surface area contributed by atoms with Crippen molar-refractivity contribution in [2.75, 3.05) is 0 Å². The second kappa shape index (κ2) is 29.8. The maximum atomic E-state index is 5.46. The first-order valence-electron chi connectivity index (χ1n) is 47.8. The third kappa shape index (κ3) is 11.8. The Balaban J connectivity index is 0.000000102. The predicted octanol–water partition coefficient (Wildman–Crippen LogP) is 33.0. The molecule has 0 aliphatic heterocycles. The molecule has 0 radical (unpaired) electrons. The zero-order valence-corrected chi connectivity index (χ0v) is 76.9. The molecule has 27 aromatic rings. The zero-order chi connectivity index (χ0) is 91.7. The summed E-state index contributed by atoms with van der Waals surface area (Å²) in [7, 11) is 0. The van der Waals surface area contributed by atoms with Gasteiger partial charge in [-0.1, -0.05) is 375 Å². The number of fused-ring (bicyclic) bond motifs is 30. The van der Waals surface area contributed by atoms with E-state index < -0.39 is 0 Å². The van der Waals surface area contributed by atoms with Crippen LogP contribution >= 0.6 is 0 Å².